The molecule has 0 radical (unpaired) electrons. The van der Waals surface area contributed by atoms with Crippen LogP contribution in [-0.4, -0.2) is 29.1 Å². The van der Waals surface area contributed by atoms with Crippen molar-refractivity contribution < 1.29 is 0 Å². The van der Waals surface area contributed by atoms with Gasteiger partial charge >= 0.3 is 0 Å². The number of hydrogen-bond donors (Lipinski definition) is 1. The number of pyridine rings is 1. The Morgan fingerprint density at radius 3 is 2.73 bits per heavy atom. The third-order valence-corrected chi connectivity index (χ3v) is 5.06. The zero-order valence-electron chi connectivity index (χ0n) is 14.2. The van der Waals surface area contributed by atoms with E-state index in [2.05, 4.69) is 41.7 Å². The van der Waals surface area contributed by atoms with Gasteiger partial charge in [0.25, 0.3) is 5.56 Å². The third kappa shape index (κ3) is 3.13. The molecule has 1 aromatic heterocycles. The Morgan fingerprint density at radius 1 is 1.32 bits per heavy atom. The maximum absolute atomic E-state index is 13.0. The van der Waals surface area contributed by atoms with Crippen LogP contribution in [0.3, 0.4) is 0 Å². The number of nitrogens with zero attached hydrogens (tertiary/aromatic N) is 2. The van der Waals surface area contributed by atoms with Crippen molar-refractivity contribution in [1.82, 2.24) is 14.8 Å². The van der Waals surface area contributed by atoms with Gasteiger partial charge in [0.05, 0.1) is 0 Å². The molecule has 0 spiro atoms. The van der Waals surface area contributed by atoms with Crippen LogP contribution in [0.5, 0.6) is 0 Å². The molecule has 122 valence electrons. The van der Waals surface area contributed by atoms with E-state index in [0.717, 1.165) is 25.1 Å². The molecule has 0 atom stereocenters. The van der Waals surface area contributed by atoms with Crippen molar-refractivity contribution in [2.24, 2.45) is 0 Å². The smallest absolute Gasteiger partial charge is 0.255 e. The molecule has 0 bridgehead atoms. The number of rotatable bonds is 4. The highest BCUT2D eigenvalue weighted by Crippen LogP contribution is 2.31. The van der Waals surface area contributed by atoms with Crippen LogP contribution in [0.25, 0.3) is 0 Å². The molecule has 0 aromatic carbocycles. The predicted molar refractivity (Wildman–Crippen MR) is 90.2 cm³/mol. The Kier molecular flexibility index (Phi) is 4.69. The molecule has 4 heteroatoms. The zero-order chi connectivity index (χ0) is 15.7. The normalized spacial score (nSPS) is 19.8. The van der Waals surface area contributed by atoms with Gasteiger partial charge in [0.2, 0.25) is 0 Å². The summed E-state index contributed by atoms with van der Waals surface area (Å²) in [5, 5.41) is 3.41. The second-order valence-corrected chi connectivity index (χ2v) is 7.28. The molecular weight excluding hydrogens is 274 g/mol. The standard InChI is InChI=1S/C18H29N3O/c1-13(2)19-11-14-10-15-12-20(3)9-8-17(15)21(18(14)22)16-6-4-5-7-16/h10,13,16,19H,4-9,11-12H2,1-3H3. The first-order valence-electron chi connectivity index (χ1n) is 8.74. The molecule has 1 aliphatic heterocycles. The second kappa shape index (κ2) is 6.55. The van der Waals surface area contributed by atoms with Crippen LogP contribution in [-0.2, 0) is 19.5 Å². The van der Waals surface area contributed by atoms with E-state index in [4.69, 9.17) is 0 Å². The summed E-state index contributed by atoms with van der Waals surface area (Å²) < 4.78 is 2.17. The molecular formula is C18H29N3O. The van der Waals surface area contributed by atoms with Crippen LogP contribution in [0.15, 0.2) is 10.9 Å². The van der Waals surface area contributed by atoms with Gasteiger partial charge in [-0.15, -0.1) is 0 Å². The van der Waals surface area contributed by atoms with Gasteiger partial charge in [-0.3, -0.25) is 4.79 Å². The van der Waals surface area contributed by atoms with Crippen molar-refractivity contribution in [3.8, 4) is 0 Å². The highest BCUT2D eigenvalue weighted by Gasteiger charge is 2.26. The number of nitrogens with one attached hydrogen (secondary N) is 1. The lowest BCUT2D eigenvalue weighted by atomic mass is 10.0. The fourth-order valence-corrected chi connectivity index (χ4v) is 3.86. The van der Waals surface area contributed by atoms with Crippen molar-refractivity contribution in [3.05, 3.63) is 33.2 Å². The van der Waals surface area contributed by atoms with Crippen LogP contribution in [0.2, 0.25) is 0 Å². The first kappa shape index (κ1) is 15.8. The quantitative estimate of drug-likeness (QED) is 0.928. The third-order valence-electron chi connectivity index (χ3n) is 5.06. The molecule has 3 rings (SSSR count). The lowest BCUT2D eigenvalue weighted by molar-refractivity contribution is 0.299. The summed E-state index contributed by atoms with van der Waals surface area (Å²) in [5.74, 6) is 0. The fourth-order valence-electron chi connectivity index (χ4n) is 3.86. The average molecular weight is 303 g/mol. The van der Waals surface area contributed by atoms with E-state index in [1.54, 1.807) is 0 Å². The van der Waals surface area contributed by atoms with Crippen molar-refractivity contribution in [3.63, 3.8) is 0 Å². The van der Waals surface area contributed by atoms with E-state index < -0.39 is 0 Å². The lowest BCUT2D eigenvalue weighted by Crippen LogP contribution is -2.38. The predicted octanol–water partition coefficient (Wildman–Crippen LogP) is 2.45. The van der Waals surface area contributed by atoms with Gasteiger partial charge < -0.3 is 14.8 Å². The molecule has 4 nitrogen and oxygen atoms in total. The van der Waals surface area contributed by atoms with E-state index in [0.29, 0.717) is 18.6 Å². The van der Waals surface area contributed by atoms with E-state index in [-0.39, 0.29) is 5.56 Å². The van der Waals surface area contributed by atoms with Crippen LogP contribution < -0.4 is 10.9 Å². The minimum absolute atomic E-state index is 0.253. The minimum Gasteiger partial charge on any atom is -0.310 e. The minimum atomic E-state index is 0.253. The van der Waals surface area contributed by atoms with Gasteiger partial charge in [0.1, 0.15) is 0 Å². The molecule has 1 aliphatic carbocycles. The monoisotopic (exact) mass is 303 g/mol. The van der Waals surface area contributed by atoms with Crippen molar-refractivity contribution in [2.45, 2.75) is 71.1 Å². The summed E-state index contributed by atoms with van der Waals surface area (Å²) in [6, 6.07) is 3.00. The van der Waals surface area contributed by atoms with Crippen molar-refractivity contribution in [1.29, 1.82) is 0 Å². The summed E-state index contributed by atoms with van der Waals surface area (Å²) in [5.41, 5.74) is 3.86. The molecule has 2 aliphatic rings. The van der Waals surface area contributed by atoms with Gasteiger partial charge in [-0.1, -0.05) is 26.7 Å². The maximum atomic E-state index is 13.0. The van der Waals surface area contributed by atoms with Crippen LogP contribution in [0.4, 0.5) is 0 Å². The molecule has 0 unspecified atom stereocenters. The van der Waals surface area contributed by atoms with Crippen molar-refractivity contribution >= 4 is 0 Å². The van der Waals surface area contributed by atoms with Gasteiger partial charge in [0, 0.05) is 49.4 Å². The molecule has 0 saturated heterocycles. The number of likely N-dealkylation sites (N-methyl/N-ethyl adjacent to an activating group) is 1. The van der Waals surface area contributed by atoms with E-state index >= 15 is 0 Å². The largest absolute Gasteiger partial charge is 0.310 e. The number of hydrogen-bond acceptors (Lipinski definition) is 3. The van der Waals surface area contributed by atoms with Gasteiger partial charge in [-0.2, -0.15) is 0 Å². The number of aromatic nitrogens is 1. The van der Waals surface area contributed by atoms with Crippen LogP contribution >= 0.6 is 0 Å². The van der Waals surface area contributed by atoms with Gasteiger partial charge in [-0.05, 0) is 31.5 Å². The Hall–Kier alpha value is -1.13. The van der Waals surface area contributed by atoms with E-state index in [9.17, 15) is 4.79 Å². The first-order valence-corrected chi connectivity index (χ1v) is 8.74. The zero-order valence-corrected chi connectivity index (χ0v) is 14.2. The SMILES string of the molecule is CC(C)NCc1cc2c(n(C3CCCC3)c1=O)CCN(C)C2. The Morgan fingerprint density at radius 2 is 2.05 bits per heavy atom. The Labute approximate surface area is 133 Å². The topological polar surface area (TPSA) is 37.3 Å². The first-order chi connectivity index (χ1) is 10.6. The highest BCUT2D eigenvalue weighted by atomic mass is 16.1. The molecule has 1 aromatic rings. The average Bonchev–Trinajstić information content (AvgIpc) is 2.99. The van der Waals surface area contributed by atoms with E-state index in [1.807, 2.05) is 0 Å². The summed E-state index contributed by atoms with van der Waals surface area (Å²) in [7, 11) is 2.17. The summed E-state index contributed by atoms with van der Waals surface area (Å²) in [4.78, 5) is 15.4. The maximum Gasteiger partial charge on any atom is 0.255 e. The lowest BCUT2D eigenvalue weighted by Gasteiger charge is -2.30. The molecule has 2 heterocycles. The molecule has 1 saturated carbocycles. The van der Waals surface area contributed by atoms with Crippen LogP contribution in [0, 0.1) is 0 Å². The van der Waals surface area contributed by atoms with Gasteiger partial charge in [-0.25, -0.2) is 0 Å². The van der Waals surface area contributed by atoms with E-state index in [1.165, 1.54) is 36.9 Å². The molecule has 1 fully saturated rings. The van der Waals surface area contributed by atoms with Crippen LogP contribution in [0.1, 0.15) is 62.4 Å². The molecule has 1 N–H and O–H groups in total. The fraction of sp³-hybridized carbons (Fsp3) is 0.722. The molecule has 0 amide bonds. The van der Waals surface area contributed by atoms with Crippen molar-refractivity contribution in [2.75, 3.05) is 13.6 Å². The molecule has 22 heavy (non-hydrogen) atoms. The second-order valence-electron chi connectivity index (χ2n) is 7.28. The van der Waals surface area contributed by atoms with Gasteiger partial charge in [0.15, 0.2) is 0 Å². The number of fused-ring (bicyclic) bond motifs is 1. The summed E-state index contributed by atoms with van der Waals surface area (Å²) in [6.07, 6.45) is 5.88. The summed E-state index contributed by atoms with van der Waals surface area (Å²) >= 11 is 0. The highest BCUT2D eigenvalue weighted by molar-refractivity contribution is 5.30. The summed E-state index contributed by atoms with van der Waals surface area (Å²) in [6.45, 7) is 6.96. The Bertz CT molecular complexity index is 585. The Balaban J connectivity index is 2.03.